The summed E-state index contributed by atoms with van der Waals surface area (Å²) in [5.41, 5.74) is 0.448. The van der Waals surface area contributed by atoms with Crippen LogP contribution in [-0.2, 0) is 5.33 Å². The normalized spacial score (nSPS) is 10.4. The van der Waals surface area contributed by atoms with Crippen LogP contribution in [0.5, 0.6) is 0 Å². The molecule has 0 aliphatic rings. The van der Waals surface area contributed by atoms with Crippen LogP contribution in [0, 0.1) is 0 Å². The van der Waals surface area contributed by atoms with Gasteiger partial charge >= 0.3 is 0 Å². The molecule has 0 amide bonds. The van der Waals surface area contributed by atoms with Crippen molar-refractivity contribution >= 4 is 15.9 Å². The second-order valence-corrected chi connectivity index (χ2v) is 3.22. The van der Waals surface area contributed by atoms with Gasteiger partial charge in [0.25, 0.3) is 5.56 Å². The molecule has 0 bridgehead atoms. The summed E-state index contributed by atoms with van der Waals surface area (Å²) in [4.78, 5) is 25.0. The lowest BCUT2D eigenvalue weighted by Crippen LogP contribution is -2.13. The van der Waals surface area contributed by atoms with E-state index in [0.29, 0.717) is 22.5 Å². The third-order valence-corrected chi connectivity index (χ3v) is 2.34. The Hall–Kier alpha value is -1.43. The quantitative estimate of drug-likeness (QED) is 0.788. The Labute approximate surface area is 87.8 Å². The van der Waals surface area contributed by atoms with Crippen molar-refractivity contribution in [3.63, 3.8) is 0 Å². The number of aromatic amines is 2. The monoisotopic (exact) mass is 254 g/mol. The van der Waals surface area contributed by atoms with Gasteiger partial charge in [-0.05, 0) is 0 Å². The van der Waals surface area contributed by atoms with Crippen LogP contribution in [0.1, 0.15) is 5.56 Å². The van der Waals surface area contributed by atoms with E-state index in [-0.39, 0.29) is 5.56 Å². The zero-order valence-corrected chi connectivity index (χ0v) is 8.71. The average molecular weight is 255 g/mol. The van der Waals surface area contributed by atoms with Gasteiger partial charge in [-0.25, -0.2) is 9.97 Å². The van der Waals surface area contributed by atoms with Crippen LogP contribution in [-0.4, -0.2) is 19.9 Å². The number of halogens is 1. The van der Waals surface area contributed by atoms with Crippen LogP contribution < -0.4 is 5.56 Å². The predicted molar refractivity (Wildman–Crippen MR) is 55.1 cm³/mol. The van der Waals surface area contributed by atoms with E-state index < -0.39 is 0 Å². The summed E-state index contributed by atoms with van der Waals surface area (Å²) in [5.74, 6) is 1.01. The summed E-state index contributed by atoms with van der Waals surface area (Å²) in [7, 11) is 0. The van der Waals surface area contributed by atoms with E-state index in [1.54, 1.807) is 12.4 Å². The maximum Gasteiger partial charge on any atom is 0.255 e. The fourth-order valence-electron chi connectivity index (χ4n) is 1.03. The Morgan fingerprint density at radius 3 is 2.79 bits per heavy atom. The molecule has 0 aliphatic heterocycles. The van der Waals surface area contributed by atoms with Gasteiger partial charge in [-0.3, -0.25) is 4.79 Å². The third-order valence-electron chi connectivity index (χ3n) is 1.74. The van der Waals surface area contributed by atoms with Gasteiger partial charge in [-0.15, -0.1) is 0 Å². The number of nitrogens with zero attached hydrogens (tertiary/aromatic N) is 2. The minimum absolute atomic E-state index is 0.150. The Morgan fingerprint density at radius 1 is 1.36 bits per heavy atom. The Morgan fingerprint density at radius 2 is 2.21 bits per heavy atom. The van der Waals surface area contributed by atoms with Crippen molar-refractivity contribution in [1.82, 2.24) is 19.9 Å². The molecule has 0 saturated heterocycles. The Balaban J connectivity index is 2.48. The fourth-order valence-corrected chi connectivity index (χ4v) is 1.43. The lowest BCUT2D eigenvalue weighted by atomic mass is 10.4. The summed E-state index contributed by atoms with van der Waals surface area (Å²) >= 11 is 3.20. The highest BCUT2D eigenvalue weighted by Crippen LogP contribution is 2.05. The zero-order valence-electron chi connectivity index (χ0n) is 7.12. The molecule has 5 nitrogen and oxygen atoms in total. The molecule has 14 heavy (non-hydrogen) atoms. The fraction of sp³-hybridized carbons (Fsp3) is 0.125. The van der Waals surface area contributed by atoms with Crippen LogP contribution in [0.3, 0.4) is 0 Å². The van der Waals surface area contributed by atoms with E-state index in [1.165, 1.54) is 6.20 Å². The smallest absolute Gasteiger partial charge is 0.255 e. The van der Waals surface area contributed by atoms with Crippen molar-refractivity contribution in [1.29, 1.82) is 0 Å². The molecule has 0 radical (unpaired) electrons. The first-order valence-electron chi connectivity index (χ1n) is 3.95. The molecule has 0 unspecified atom stereocenters. The van der Waals surface area contributed by atoms with Gasteiger partial charge in [0.15, 0.2) is 11.6 Å². The SMILES string of the molecule is O=c1[nH]c(-c2ncc[nH]2)ncc1CBr. The summed E-state index contributed by atoms with van der Waals surface area (Å²) in [6.07, 6.45) is 4.81. The second kappa shape index (κ2) is 3.75. The van der Waals surface area contributed by atoms with Gasteiger partial charge in [-0.2, -0.15) is 0 Å². The standard InChI is InChI=1S/C8H7BrN4O/c9-3-5-4-12-7(13-8(5)14)6-10-1-2-11-6/h1-2,4H,3H2,(H,10,11)(H,12,13,14). The van der Waals surface area contributed by atoms with E-state index in [1.807, 2.05) is 0 Å². The maximum absolute atomic E-state index is 11.4. The van der Waals surface area contributed by atoms with Crippen LogP contribution in [0.2, 0.25) is 0 Å². The average Bonchev–Trinajstić information content (AvgIpc) is 2.70. The van der Waals surface area contributed by atoms with Crippen LogP contribution in [0.15, 0.2) is 23.4 Å². The van der Waals surface area contributed by atoms with Crippen molar-refractivity contribution in [2.75, 3.05) is 0 Å². The molecule has 2 heterocycles. The van der Waals surface area contributed by atoms with Crippen LogP contribution >= 0.6 is 15.9 Å². The van der Waals surface area contributed by atoms with Crippen LogP contribution in [0.4, 0.5) is 0 Å². The molecule has 72 valence electrons. The highest BCUT2D eigenvalue weighted by molar-refractivity contribution is 9.08. The molecule has 0 aromatic carbocycles. The molecular formula is C8H7BrN4O. The molecule has 2 rings (SSSR count). The Bertz CT molecular complexity index is 476. The van der Waals surface area contributed by atoms with Crippen molar-refractivity contribution < 1.29 is 0 Å². The number of nitrogens with one attached hydrogen (secondary N) is 2. The highest BCUT2D eigenvalue weighted by Gasteiger charge is 2.04. The minimum atomic E-state index is -0.150. The van der Waals surface area contributed by atoms with E-state index in [4.69, 9.17) is 0 Å². The third kappa shape index (κ3) is 1.60. The molecule has 2 aromatic rings. The number of hydrogen-bond donors (Lipinski definition) is 2. The van der Waals surface area contributed by atoms with E-state index in [9.17, 15) is 4.79 Å². The van der Waals surface area contributed by atoms with Gasteiger partial charge in [0.1, 0.15) is 0 Å². The van der Waals surface area contributed by atoms with Crippen molar-refractivity contribution in [2.24, 2.45) is 0 Å². The van der Waals surface area contributed by atoms with E-state index in [2.05, 4.69) is 35.9 Å². The van der Waals surface area contributed by atoms with Gasteiger partial charge < -0.3 is 9.97 Å². The number of hydrogen-bond acceptors (Lipinski definition) is 3. The first-order chi connectivity index (χ1) is 6.81. The molecule has 0 atom stereocenters. The summed E-state index contributed by atoms with van der Waals surface area (Å²) < 4.78 is 0. The van der Waals surface area contributed by atoms with Gasteiger partial charge in [0.2, 0.25) is 0 Å². The number of rotatable bonds is 2. The maximum atomic E-state index is 11.4. The second-order valence-electron chi connectivity index (χ2n) is 2.66. The van der Waals surface area contributed by atoms with Crippen molar-refractivity contribution in [3.05, 3.63) is 34.5 Å². The molecule has 0 saturated carbocycles. The Kier molecular flexibility index (Phi) is 2.45. The number of aromatic nitrogens is 4. The van der Waals surface area contributed by atoms with Gasteiger partial charge in [0.05, 0.1) is 0 Å². The van der Waals surface area contributed by atoms with Crippen molar-refractivity contribution in [3.8, 4) is 11.6 Å². The molecule has 0 fully saturated rings. The molecule has 2 N–H and O–H groups in total. The molecule has 0 aliphatic carbocycles. The van der Waals surface area contributed by atoms with E-state index >= 15 is 0 Å². The van der Waals surface area contributed by atoms with Crippen LogP contribution in [0.25, 0.3) is 11.6 Å². The summed E-state index contributed by atoms with van der Waals surface area (Å²) in [5, 5.41) is 0.494. The van der Waals surface area contributed by atoms with E-state index in [0.717, 1.165) is 0 Å². The number of imidazole rings is 1. The van der Waals surface area contributed by atoms with Gasteiger partial charge in [-0.1, -0.05) is 15.9 Å². The lowest BCUT2D eigenvalue weighted by molar-refractivity contribution is 1.05. The topological polar surface area (TPSA) is 74.4 Å². The predicted octanol–water partition coefficient (Wildman–Crippen LogP) is 1.05. The zero-order chi connectivity index (χ0) is 9.97. The summed E-state index contributed by atoms with van der Waals surface area (Å²) in [6, 6.07) is 0. The first-order valence-corrected chi connectivity index (χ1v) is 5.07. The largest absolute Gasteiger partial charge is 0.342 e. The molecule has 2 aromatic heterocycles. The molecule has 0 spiro atoms. The highest BCUT2D eigenvalue weighted by atomic mass is 79.9. The summed E-state index contributed by atoms with van der Waals surface area (Å²) in [6.45, 7) is 0. The van der Waals surface area contributed by atoms with Gasteiger partial charge in [0, 0.05) is 29.5 Å². The van der Waals surface area contributed by atoms with Crippen molar-refractivity contribution in [2.45, 2.75) is 5.33 Å². The molecular weight excluding hydrogens is 248 g/mol. The first kappa shape index (κ1) is 9.14. The minimum Gasteiger partial charge on any atom is -0.342 e. The lowest BCUT2D eigenvalue weighted by Gasteiger charge is -1.97. The number of H-pyrrole nitrogens is 2. The number of alkyl halides is 1. The molecule has 6 heteroatoms.